The van der Waals surface area contributed by atoms with Crippen molar-refractivity contribution < 1.29 is 14.6 Å². The summed E-state index contributed by atoms with van der Waals surface area (Å²) >= 11 is 0. The molecule has 0 heterocycles. The number of amides is 1. The highest BCUT2D eigenvalue weighted by atomic mass is 16.5. The highest BCUT2D eigenvalue weighted by molar-refractivity contribution is 5.77. The quantitative estimate of drug-likeness (QED) is 0.685. The van der Waals surface area contributed by atoms with Crippen LogP contribution in [0.25, 0.3) is 0 Å². The summed E-state index contributed by atoms with van der Waals surface area (Å²) in [6.45, 7) is 2.98. The van der Waals surface area contributed by atoms with Crippen LogP contribution in [0.3, 0.4) is 0 Å². The highest BCUT2D eigenvalue weighted by Crippen LogP contribution is 2.30. The SMILES string of the molecule is COCCN(C)CCNC(=O)CC1(O)CCCCC1. The second-order valence-electron chi connectivity index (χ2n) is 5.61. The molecular weight excluding hydrogens is 244 g/mol. The van der Waals surface area contributed by atoms with Crippen molar-refractivity contribution in [2.75, 3.05) is 40.4 Å². The minimum Gasteiger partial charge on any atom is -0.389 e. The van der Waals surface area contributed by atoms with Gasteiger partial charge in [-0.15, -0.1) is 0 Å². The van der Waals surface area contributed by atoms with Crippen LogP contribution in [0.2, 0.25) is 0 Å². The first-order valence-electron chi connectivity index (χ1n) is 7.22. The predicted octanol–water partition coefficient (Wildman–Crippen LogP) is 0.766. The molecule has 0 spiro atoms. The Balaban J connectivity index is 2.13. The van der Waals surface area contributed by atoms with E-state index in [2.05, 4.69) is 10.2 Å². The van der Waals surface area contributed by atoms with Gasteiger partial charge in [-0.2, -0.15) is 0 Å². The van der Waals surface area contributed by atoms with Crippen LogP contribution in [0.1, 0.15) is 38.5 Å². The Morgan fingerprint density at radius 2 is 2.00 bits per heavy atom. The number of methoxy groups -OCH3 is 1. The monoisotopic (exact) mass is 272 g/mol. The van der Waals surface area contributed by atoms with Gasteiger partial charge in [-0.25, -0.2) is 0 Å². The maximum absolute atomic E-state index is 11.8. The predicted molar refractivity (Wildman–Crippen MR) is 75.0 cm³/mol. The molecule has 19 heavy (non-hydrogen) atoms. The Kier molecular flexibility index (Phi) is 7.34. The Morgan fingerprint density at radius 3 is 2.63 bits per heavy atom. The third kappa shape index (κ3) is 6.89. The van der Waals surface area contributed by atoms with Crippen LogP contribution < -0.4 is 5.32 Å². The molecular formula is C14H28N2O3. The van der Waals surface area contributed by atoms with Gasteiger partial charge < -0.3 is 20.1 Å². The van der Waals surface area contributed by atoms with Gasteiger partial charge in [0.25, 0.3) is 0 Å². The lowest BCUT2D eigenvalue weighted by molar-refractivity contribution is -0.127. The molecule has 1 aliphatic rings. The van der Waals surface area contributed by atoms with E-state index in [4.69, 9.17) is 4.74 Å². The molecule has 0 aromatic rings. The average Bonchev–Trinajstić information content (AvgIpc) is 2.36. The van der Waals surface area contributed by atoms with E-state index in [0.29, 0.717) is 13.2 Å². The number of carbonyl (C=O) groups is 1. The molecule has 0 aromatic carbocycles. The summed E-state index contributed by atoms with van der Waals surface area (Å²) in [7, 11) is 3.68. The fourth-order valence-corrected chi connectivity index (χ4v) is 2.49. The van der Waals surface area contributed by atoms with Gasteiger partial charge in [0.1, 0.15) is 0 Å². The first-order chi connectivity index (χ1) is 9.06. The summed E-state index contributed by atoms with van der Waals surface area (Å²) in [5, 5.41) is 13.2. The van der Waals surface area contributed by atoms with E-state index in [9.17, 15) is 9.90 Å². The van der Waals surface area contributed by atoms with Crippen LogP contribution in [-0.2, 0) is 9.53 Å². The summed E-state index contributed by atoms with van der Waals surface area (Å²) in [6, 6.07) is 0. The standard InChI is InChI=1S/C14H28N2O3/c1-16(10-11-19-2)9-8-15-13(17)12-14(18)6-4-3-5-7-14/h18H,3-12H2,1-2H3,(H,15,17). The number of carbonyl (C=O) groups excluding carboxylic acids is 1. The van der Waals surface area contributed by atoms with Crippen molar-refractivity contribution in [3.63, 3.8) is 0 Å². The van der Waals surface area contributed by atoms with E-state index >= 15 is 0 Å². The first kappa shape index (κ1) is 16.4. The van der Waals surface area contributed by atoms with Crippen molar-refractivity contribution in [3.05, 3.63) is 0 Å². The van der Waals surface area contributed by atoms with Crippen LogP contribution in [0, 0.1) is 0 Å². The number of aliphatic hydroxyl groups is 1. The number of nitrogens with zero attached hydrogens (tertiary/aromatic N) is 1. The van der Waals surface area contributed by atoms with E-state index < -0.39 is 5.60 Å². The van der Waals surface area contributed by atoms with Crippen LogP contribution in [0.5, 0.6) is 0 Å². The van der Waals surface area contributed by atoms with Crippen LogP contribution >= 0.6 is 0 Å². The summed E-state index contributed by atoms with van der Waals surface area (Å²) in [5.41, 5.74) is -0.760. The molecule has 1 saturated carbocycles. The fraction of sp³-hybridized carbons (Fsp3) is 0.929. The molecule has 0 radical (unpaired) electrons. The van der Waals surface area contributed by atoms with Gasteiger partial charge in [-0.1, -0.05) is 19.3 Å². The minimum absolute atomic E-state index is 0.0375. The molecule has 0 bridgehead atoms. The zero-order valence-corrected chi connectivity index (χ0v) is 12.3. The van der Waals surface area contributed by atoms with E-state index in [1.165, 1.54) is 6.42 Å². The summed E-state index contributed by atoms with van der Waals surface area (Å²) in [5.74, 6) is -0.0375. The lowest BCUT2D eigenvalue weighted by Gasteiger charge is -2.31. The van der Waals surface area contributed by atoms with Crippen molar-refractivity contribution in [2.45, 2.75) is 44.1 Å². The molecule has 5 nitrogen and oxygen atoms in total. The van der Waals surface area contributed by atoms with E-state index in [0.717, 1.165) is 38.8 Å². The van der Waals surface area contributed by atoms with Crippen LogP contribution in [0.4, 0.5) is 0 Å². The number of hydrogen-bond acceptors (Lipinski definition) is 4. The van der Waals surface area contributed by atoms with Crippen molar-refractivity contribution in [2.24, 2.45) is 0 Å². The van der Waals surface area contributed by atoms with Gasteiger partial charge in [-0.05, 0) is 19.9 Å². The minimum atomic E-state index is -0.760. The van der Waals surface area contributed by atoms with Gasteiger partial charge in [0.2, 0.25) is 5.91 Å². The van der Waals surface area contributed by atoms with Gasteiger partial charge in [0, 0.05) is 26.7 Å². The average molecular weight is 272 g/mol. The molecule has 1 aliphatic carbocycles. The molecule has 0 atom stereocenters. The lowest BCUT2D eigenvalue weighted by atomic mass is 9.82. The Bertz CT molecular complexity index is 265. The molecule has 2 N–H and O–H groups in total. The van der Waals surface area contributed by atoms with E-state index in [-0.39, 0.29) is 12.3 Å². The number of likely N-dealkylation sites (N-methyl/N-ethyl adjacent to an activating group) is 1. The van der Waals surface area contributed by atoms with Crippen molar-refractivity contribution in [1.29, 1.82) is 0 Å². The summed E-state index contributed by atoms with van der Waals surface area (Å²) in [4.78, 5) is 13.9. The molecule has 5 heteroatoms. The smallest absolute Gasteiger partial charge is 0.222 e. The molecule has 112 valence electrons. The molecule has 0 aromatic heterocycles. The number of rotatable bonds is 8. The normalized spacial score (nSPS) is 18.5. The number of nitrogens with one attached hydrogen (secondary N) is 1. The molecule has 1 amide bonds. The topological polar surface area (TPSA) is 61.8 Å². The summed E-state index contributed by atoms with van der Waals surface area (Å²) in [6.07, 6.45) is 5.00. The molecule has 0 saturated heterocycles. The Labute approximate surface area is 116 Å². The molecule has 1 rings (SSSR count). The van der Waals surface area contributed by atoms with Crippen molar-refractivity contribution in [3.8, 4) is 0 Å². The third-order valence-corrected chi connectivity index (χ3v) is 3.77. The Hall–Kier alpha value is -0.650. The summed E-state index contributed by atoms with van der Waals surface area (Å²) < 4.78 is 4.99. The van der Waals surface area contributed by atoms with Crippen LogP contribution in [0.15, 0.2) is 0 Å². The maximum Gasteiger partial charge on any atom is 0.222 e. The first-order valence-corrected chi connectivity index (χ1v) is 7.22. The van der Waals surface area contributed by atoms with Crippen LogP contribution in [-0.4, -0.2) is 61.9 Å². The van der Waals surface area contributed by atoms with Crippen molar-refractivity contribution in [1.82, 2.24) is 10.2 Å². The second-order valence-corrected chi connectivity index (χ2v) is 5.61. The van der Waals surface area contributed by atoms with Gasteiger partial charge >= 0.3 is 0 Å². The van der Waals surface area contributed by atoms with Gasteiger partial charge in [0.15, 0.2) is 0 Å². The van der Waals surface area contributed by atoms with Crippen molar-refractivity contribution >= 4 is 5.91 Å². The molecule has 0 unspecified atom stereocenters. The fourth-order valence-electron chi connectivity index (χ4n) is 2.49. The zero-order chi connectivity index (χ0) is 14.1. The second kappa shape index (κ2) is 8.51. The lowest BCUT2D eigenvalue weighted by Crippen LogP contribution is -2.40. The maximum atomic E-state index is 11.8. The molecule has 1 fully saturated rings. The highest BCUT2D eigenvalue weighted by Gasteiger charge is 2.31. The van der Waals surface area contributed by atoms with Gasteiger partial charge in [0.05, 0.1) is 18.6 Å². The van der Waals surface area contributed by atoms with E-state index in [1.54, 1.807) is 7.11 Å². The zero-order valence-electron chi connectivity index (χ0n) is 12.3. The van der Waals surface area contributed by atoms with Gasteiger partial charge in [-0.3, -0.25) is 4.79 Å². The molecule has 0 aliphatic heterocycles. The largest absolute Gasteiger partial charge is 0.389 e. The Morgan fingerprint density at radius 1 is 1.32 bits per heavy atom. The number of ether oxygens (including phenoxy) is 1. The third-order valence-electron chi connectivity index (χ3n) is 3.77. The number of hydrogen-bond donors (Lipinski definition) is 2. The van der Waals surface area contributed by atoms with E-state index in [1.807, 2.05) is 7.05 Å².